The number of nitrogens with zero attached hydrogens (tertiary/aromatic N) is 1. The van der Waals surface area contributed by atoms with Crippen LogP contribution in [0.25, 0.3) is 0 Å². The molecule has 0 aromatic heterocycles. The SMILES string of the molecule is COc1ccccc1NC(=O)CN(C)C1CCCCCC1. The van der Waals surface area contributed by atoms with Crippen molar-refractivity contribution in [1.29, 1.82) is 0 Å². The van der Waals surface area contributed by atoms with Gasteiger partial charge in [-0.15, -0.1) is 0 Å². The molecule has 1 aliphatic carbocycles. The van der Waals surface area contributed by atoms with Crippen molar-refractivity contribution in [3.05, 3.63) is 24.3 Å². The minimum Gasteiger partial charge on any atom is -0.495 e. The first kappa shape index (κ1) is 15.8. The van der Waals surface area contributed by atoms with Crippen molar-refractivity contribution < 1.29 is 9.53 Å². The average molecular weight is 290 g/mol. The van der Waals surface area contributed by atoms with Crippen LogP contribution in [0.5, 0.6) is 5.75 Å². The van der Waals surface area contributed by atoms with Crippen molar-refractivity contribution in [1.82, 2.24) is 4.90 Å². The summed E-state index contributed by atoms with van der Waals surface area (Å²) in [6, 6.07) is 8.04. The molecule has 1 aromatic rings. The number of methoxy groups -OCH3 is 1. The minimum absolute atomic E-state index is 0.0197. The molecule has 0 atom stereocenters. The molecule has 2 rings (SSSR count). The van der Waals surface area contributed by atoms with Crippen molar-refractivity contribution in [2.75, 3.05) is 26.0 Å². The van der Waals surface area contributed by atoms with Crippen molar-refractivity contribution in [3.8, 4) is 5.75 Å². The largest absolute Gasteiger partial charge is 0.495 e. The molecule has 116 valence electrons. The number of carbonyl (C=O) groups is 1. The summed E-state index contributed by atoms with van der Waals surface area (Å²) < 4.78 is 5.26. The van der Waals surface area contributed by atoms with Gasteiger partial charge >= 0.3 is 0 Å². The third-order valence-corrected chi connectivity index (χ3v) is 4.22. The number of rotatable bonds is 5. The van der Waals surface area contributed by atoms with Gasteiger partial charge in [0.2, 0.25) is 5.91 Å². The van der Waals surface area contributed by atoms with Crippen LogP contribution in [-0.4, -0.2) is 37.6 Å². The molecule has 1 fully saturated rings. The fourth-order valence-corrected chi connectivity index (χ4v) is 2.99. The molecule has 0 heterocycles. The fraction of sp³-hybridized carbons (Fsp3) is 0.588. The molecule has 1 N–H and O–H groups in total. The Balaban J connectivity index is 1.88. The van der Waals surface area contributed by atoms with Gasteiger partial charge in [0, 0.05) is 6.04 Å². The third-order valence-electron chi connectivity index (χ3n) is 4.22. The number of likely N-dealkylation sites (N-methyl/N-ethyl adjacent to an activating group) is 1. The van der Waals surface area contributed by atoms with E-state index in [1.807, 2.05) is 24.3 Å². The van der Waals surface area contributed by atoms with Crippen LogP contribution in [0, 0.1) is 0 Å². The van der Waals surface area contributed by atoms with Crippen LogP contribution >= 0.6 is 0 Å². The van der Waals surface area contributed by atoms with Crippen LogP contribution in [0.1, 0.15) is 38.5 Å². The summed E-state index contributed by atoms with van der Waals surface area (Å²) in [5.74, 6) is 0.717. The number of ether oxygens (including phenoxy) is 1. The maximum atomic E-state index is 12.2. The van der Waals surface area contributed by atoms with E-state index in [1.54, 1.807) is 7.11 Å². The molecular weight excluding hydrogens is 264 g/mol. The Kier molecular flexibility index (Phi) is 6.05. The van der Waals surface area contributed by atoms with E-state index in [9.17, 15) is 4.79 Å². The van der Waals surface area contributed by atoms with E-state index >= 15 is 0 Å². The van der Waals surface area contributed by atoms with E-state index in [1.165, 1.54) is 38.5 Å². The van der Waals surface area contributed by atoms with Gasteiger partial charge in [0.1, 0.15) is 5.75 Å². The summed E-state index contributed by atoms with van der Waals surface area (Å²) in [4.78, 5) is 14.4. The summed E-state index contributed by atoms with van der Waals surface area (Å²) >= 11 is 0. The highest BCUT2D eigenvalue weighted by molar-refractivity contribution is 5.93. The molecule has 0 bridgehead atoms. The summed E-state index contributed by atoms with van der Waals surface area (Å²) in [6.45, 7) is 0.433. The first-order valence-corrected chi connectivity index (χ1v) is 7.84. The molecule has 4 heteroatoms. The van der Waals surface area contributed by atoms with Gasteiger partial charge in [-0.05, 0) is 32.0 Å². The number of amides is 1. The smallest absolute Gasteiger partial charge is 0.238 e. The lowest BCUT2D eigenvalue weighted by Gasteiger charge is -2.26. The van der Waals surface area contributed by atoms with Crippen molar-refractivity contribution >= 4 is 11.6 Å². The zero-order valence-electron chi connectivity index (χ0n) is 13.1. The van der Waals surface area contributed by atoms with Gasteiger partial charge in [0.25, 0.3) is 0 Å². The number of hydrogen-bond acceptors (Lipinski definition) is 3. The second kappa shape index (κ2) is 8.03. The number of carbonyl (C=O) groups excluding carboxylic acids is 1. The Labute approximate surface area is 127 Å². The lowest BCUT2D eigenvalue weighted by molar-refractivity contribution is -0.117. The van der Waals surface area contributed by atoms with Crippen molar-refractivity contribution in [2.24, 2.45) is 0 Å². The van der Waals surface area contributed by atoms with E-state index in [0.29, 0.717) is 18.3 Å². The Morgan fingerprint density at radius 1 is 1.24 bits per heavy atom. The maximum absolute atomic E-state index is 12.2. The Morgan fingerprint density at radius 3 is 2.57 bits per heavy atom. The van der Waals surface area contributed by atoms with Crippen LogP contribution in [0.15, 0.2) is 24.3 Å². The van der Waals surface area contributed by atoms with Crippen LogP contribution in [0.4, 0.5) is 5.69 Å². The molecule has 0 unspecified atom stereocenters. The first-order valence-electron chi connectivity index (χ1n) is 7.84. The summed E-state index contributed by atoms with van der Waals surface area (Å²) in [7, 11) is 3.67. The number of anilines is 1. The number of nitrogens with one attached hydrogen (secondary N) is 1. The number of hydrogen-bond donors (Lipinski definition) is 1. The standard InChI is InChI=1S/C17H26N2O2/c1-19(14-9-5-3-4-6-10-14)13-17(20)18-15-11-7-8-12-16(15)21-2/h7-8,11-12,14H,3-6,9-10,13H2,1-2H3,(H,18,20). The predicted octanol–water partition coefficient (Wildman–Crippen LogP) is 3.29. The Hall–Kier alpha value is -1.55. The van der Waals surface area contributed by atoms with Crippen molar-refractivity contribution in [3.63, 3.8) is 0 Å². The van der Waals surface area contributed by atoms with Gasteiger partial charge in [-0.25, -0.2) is 0 Å². The molecule has 0 saturated heterocycles. The van der Waals surface area contributed by atoms with Crippen LogP contribution in [0.2, 0.25) is 0 Å². The van der Waals surface area contributed by atoms with Crippen molar-refractivity contribution in [2.45, 2.75) is 44.6 Å². The maximum Gasteiger partial charge on any atom is 0.238 e. The van der Waals surface area contributed by atoms with Gasteiger partial charge < -0.3 is 10.1 Å². The summed E-state index contributed by atoms with van der Waals surface area (Å²) in [6.07, 6.45) is 7.64. The molecule has 1 aromatic carbocycles. The number of para-hydroxylation sites is 2. The molecule has 1 aliphatic rings. The minimum atomic E-state index is 0.0197. The lowest BCUT2D eigenvalue weighted by Crippen LogP contribution is -2.37. The van der Waals surface area contributed by atoms with Gasteiger partial charge in [0.05, 0.1) is 19.3 Å². The zero-order valence-corrected chi connectivity index (χ0v) is 13.1. The predicted molar refractivity (Wildman–Crippen MR) is 85.7 cm³/mol. The monoisotopic (exact) mass is 290 g/mol. The average Bonchev–Trinajstić information content (AvgIpc) is 2.76. The van der Waals surface area contributed by atoms with Gasteiger partial charge in [-0.3, -0.25) is 9.69 Å². The van der Waals surface area contributed by atoms with Gasteiger partial charge in [-0.1, -0.05) is 37.8 Å². The normalized spacial score (nSPS) is 16.5. The summed E-state index contributed by atoms with van der Waals surface area (Å²) in [5, 5.41) is 2.94. The van der Waals surface area contributed by atoms with E-state index in [4.69, 9.17) is 4.74 Å². The Morgan fingerprint density at radius 2 is 1.90 bits per heavy atom. The zero-order chi connectivity index (χ0) is 15.1. The second-order valence-electron chi connectivity index (χ2n) is 5.81. The highest BCUT2D eigenvalue weighted by Crippen LogP contribution is 2.24. The van der Waals surface area contributed by atoms with E-state index < -0.39 is 0 Å². The Bertz CT molecular complexity index is 454. The topological polar surface area (TPSA) is 41.6 Å². The highest BCUT2D eigenvalue weighted by Gasteiger charge is 2.19. The molecule has 0 aliphatic heterocycles. The lowest BCUT2D eigenvalue weighted by atomic mass is 10.1. The molecule has 0 radical (unpaired) electrons. The first-order chi connectivity index (χ1) is 10.2. The van der Waals surface area contributed by atoms with Gasteiger partial charge in [0.15, 0.2) is 0 Å². The van der Waals surface area contributed by atoms with Crippen LogP contribution in [-0.2, 0) is 4.79 Å². The molecule has 21 heavy (non-hydrogen) atoms. The van der Waals surface area contributed by atoms with E-state index in [2.05, 4.69) is 17.3 Å². The highest BCUT2D eigenvalue weighted by atomic mass is 16.5. The fourth-order valence-electron chi connectivity index (χ4n) is 2.99. The molecular formula is C17H26N2O2. The second-order valence-corrected chi connectivity index (χ2v) is 5.81. The summed E-state index contributed by atoms with van der Waals surface area (Å²) in [5.41, 5.74) is 0.735. The number of benzene rings is 1. The third kappa shape index (κ3) is 4.74. The molecule has 1 saturated carbocycles. The van der Waals surface area contributed by atoms with Crippen LogP contribution in [0.3, 0.4) is 0 Å². The quantitative estimate of drug-likeness (QED) is 0.846. The molecule has 1 amide bonds. The molecule has 0 spiro atoms. The van der Waals surface area contributed by atoms with E-state index in [-0.39, 0.29) is 5.91 Å². The van der Waals surface area contributed by atoms with Gasteiger partial charge in [-0.2, -0.15) is 0 Å². The van der Waals surface area contributed by atoms with E-state index in [0.717, 1.165) is 5.69 Å². The molecule has 4 nitrogen and oxygen atoms in total. The van der Waals surface area contributed by atoms with Crippen LogP contribution < -0.4 is 10.1 Å².